The Hall–Kier alpha value is -2.86. The first-order valence-electron chi connectivity index (χ1n) is 9.55. The fourth-order valence-corrected chi connectivity index (χ4v) is 3.88. The molecule has 0 radical (unpaired) electrons. The number of alkyl halides is 3. The number of halogens is 3. The van der Waals surface area contributed by atoms with E-state index in [0.29, 0.717) is 24.4 Å². The van der Waals surface area contributed by atoms with Crippen LogP contribution in [0.1, 0.15) is 29.8 Å². The number of likely N-dealkylation sites (tertiary alicyclic amines) is 1. The number of carbonyl (C=O) groups is 1. The summed E-state index contributed by atoms with van der Waals surface area (Å²) in [5.74, 6) is 0.719. The number of carboxylic acids is 1. The molecule has 2 saturated heterocycles. The quantitative estimate of drug-likeness (QED) is 0.766. The van der Waals surface area contributed by atoms with Gasteiger partial charge in [-0.2, -0.15) is 18.2 Å². The summed E-state index contributed by atoms with van der Waals surface area (Å²) in [6, 6.07) is 6.16. The molecular formula is C19H20F3N3O6. The molecular weight excluding hydrogens is 423 g/mol. The molecule has 0 spiro atoms. The van der Waals surface area contributed by atoms with Crippen LogP contribution >= 0.6 is 0 Å². The van der Waals surface area contributed by atoms with Crippen LogP contribution in [0.4, 0.5) is 13.2 Å². The summed E-state index contributed by atoms with van der Waals surface area (Å²) in [6.07, 6.45) is -3.94. The summed E-state index contributed by atoms with van der Waals surface area (Å²) in [7, 11) is 0. The SMILES string of the molecule is Cc1noc([C@@H]2C[C@H]3CN(Cc4ccc5c(c4)OCO5)C[C@H]3O2)n1.O=C(O)C(F)(F)F. The minimum atomic E-state index is -5.08. The van der Waals surface area contributed by atoms with Crippen molar-refractivity contribution >= 4 is 5.97 Å². The van der Waals surface area contributed by atoms with Crippen LogP contribution in [0.5, 0.6) is 11.5 Å². The van der Waals surface area contributed by atoms with Crippen LogP contribution < -0.4 is 9.47 Å². The van der Waals surface area contributed by atoms with Gasteiger partial charge in [-0.1, -0.05) is 11.2 Å². The highest BCUT2D eigenvalue weighted by Crippen LogP contribution is 2.41. The van der Waals surface area contributed by atoms with Crippen LogP contribution in [0, 0.1) is 12.8 Å². The molecule has 9 nitrogen and oxygen atoms in total. The highest BCUT2D eigenvalue weighted by Gasteiger charge is 2.44. The van der Waals surface area contributed by atoms with Crippen LogP contribution in [0.2, 0.25) is 0 Å². The lowest BCUT2D eigenvalue weighted by Gasteiger charge is -2.18. The predicted molar refractivity (Wildman–Crippen MR) is 96.3 cm³/mol. The van der Waals surface area contributed by atoms with Crippen molar-refractivity contribution in [1.82, 2.24) is 15.0 Å². The van der Waals surface area contributed by atoms with Gasteiger partial charge in [0.2, 0.25) is 6.79 Å². The zero-order valence-corrected chi connectivity index (χ0v) is 16.5. The molecule has 0 bridgehead atoms. The molecule has 168 valence electrons. The molecule has 0 amide bonds. The lowest BCUT2D eigenvalue weighted by Crippen LogP contribution is -2.23. The molecule has 31 heavy (non-hydrogen) atoms. The normalized spacial score (nSPS) is 24.6. The number of hydrogen-bond acceptors (Lipinski definition) is 8. The number of nitrogens with zero attached hydrogens (tertiary/aromatic N) is 3. The van der Waals surface area contributed by atoms with E-state index in [-0.39, 0.29) is 12.2 Å². The summed E-state index contributed by atoms with van der Waals surface area (Å²) in [4.78, 5) is 15.6. The van der Waals surface area contributed by atoms with E-state index in [1.165, 1.54) is 5.56 Å². The molecule has 3 atom stereocenters. The Bertz CT molecular complexity index is 936. The topological polar surface area (TPSA) is 107 Å². The molecule has 0 aliphatic carbocycles. The van der Waals surface area contributed by atoms with Crippen molar-refractivity contribution in [2.24, 2.45) is 5.92 Å². The van der Waals surface area contributed by atoms with Crippen LogP contribution in [-0.2, 0) is 16.1 Å². The number of rotatable bonds is 3. The molecule has 3 aliphatic heterocycles. The Kier molecular flexibility index (Phi) is 5.75. The first-order chi connectivity index (χ1) is 14.7. The fraction of sp³-hybridized carbons (Fsp3) is 0.526. The molecule has 2 aromatic rings. The van der Waals surface area contributed by atoms with Crippen molar-refractivity contribution in [1.29, 1.82) is 0 Å². The van der Waals surface area contributed by atoms with Gasteiger partial charge in [-0.05, 0) is 31.0 Å². The summed E-state index contributed by atoms with van der Waals surface area (Å²) in [5.41, 5.74) is 1.24. The molecule has 12 heteroatoms. The molecule has 4 heterocycles. The Morgan fingerprint density at radius 1 is 1.26 bits per heavy atom. The highest BCUT2D eigenvalue weighted by molar-refractivity contribution is 5.73. The standard InChI is InChI=1S/C17H19N3O4.C2HF3O2/c1-10-18-17(24-19-10)15-5-12-7-20(8-16(12)23-15)6-11-2-3-13-14(4-11)22-9-21-13;3-2(4,5)1(6)7/h2-4,12,15-16H,5-9H2,1H3;(H,6,7)/t12-,15-,16+;/m0./s1. The van der Waals surface area contributed by atoms with Crippen LogP contribution in [0.15, 0.2) is 22.7 Å². The lowest BCUT2D eigenvalue weighted by molar-refractivity contribution is -0.192. The molecule has 0 saturated carbocycles. The molecule has 5 rings (SSSR count). The van der Waals surface area contributed by atoms with Crippen molar-refractivity contribution in [2.75, 3.05) is 19.9 Å². The number of benzene rings is 1. The van der Waals surface area contributed by atoms with Gasteiger partial charge in [0.15, 0.2) is 17.3 Å². The minimum Gasteiger partial charge on any atom is -0.475 e. The van der Waals surface area contributed by atoms with Gasteiger partial charge >= 0.3 is 12.1 Å². The third kappa shape index (κ3) is 4.90. The van der Waals surface area contributed by atoms with E-state index in [1.54, 1.807) is 0 Å². The molecule has 2 fully saturated rings. The summed E-state index contributed by atoms with van der Waals surface area (Å²) in [5, 5.41) is 11.0. The lowest BCUT2D eigenvalue weighted by atomic mass is 10.0. The third-order valence-electron chi connectivity index (χ3n) is 5.22. The average Bonchev–Trinajstić information content (AvgIpc) is 3.44. The van der Waals surface area contributed by atoms with Gasteiger partial charge in [0.05, 0.1) is 6.10 Å². The van der Waals surface area contributed by atoms with Crippen molar-refractivity contribution in [3.63, 3.8) is 0 Å². The number of hydrogen-bond donors (Lipinski definition) is 1. The maximum atomic E-state index is 10.6. The van der Waals surface area contributed by atoms with Crippen molar-refractivity contribution in [3.8, 4) is 11.5 Å². The predicted octanol–water partition coefficient (Wildman–Crippen LogP) is 2.70. The number of aliphatic carboxylic acids is 1. The summed E-state index contributed by atoms with van der Waals surface area (Å²) < 4.78 is 54.0. The first-order valence-corrected chi connectivity index (χ1v) is 9.55. The third-order valence-corrected chi connectivity index (χ3v) is 5.22. The molecule has 0 unspecified atom stereocenters. The van der Waals surface area contributed by atoms with Gasteiger partial charge in [-0.3, -0.25) is 4.90 Å². The van der Waals surface area contributed by atoms with Gasteiger partial charge in [-0.25, -0.2) is 4.79 Å². The fourth-order valence-electron chi connectivity index (χ4n) is 3.88. The van der Waals surface area contributed by atoms with E-state index in [2.05, 4.69) is 27.2 Å². The average molecular weight is 443 g/mol. The number of ether oxygens (including phenoxy) is 3. The second-order valence-electron chi connectivity index (χ2n) is 7.52. The summed E-state index contributed by atoms with van der Waals surface area (Å²) in [6.45, 7) is 5.01. The van der Waals surface area contributed by atoms with E-state index in [0.717, 1.165) is 37.6 Å². The van der Waals surface area contributed by atoms with Crippen molar-refractivity contribution in [3.05, 3.63) is 35.5 Å². The first kappa shape index (κ1) is 21.4. The van der Waals surface area contributed by atoms with Gasteiger partial charge in [0.25, 0.3) is 5.89 Å². The second-order valence-corrected chi connectivity index (χ2v) is 7.52. The zero-order chi connectivity index (χ0) is 22.2. The number of carboxylic acid groups (broad SMARTS) is 1. The smallest absolute Gasteiger partial charge is 0.475 e. The van der Waals surface area contributed by atoms with Crippen molar-refractivity contribution in [2.45, 2.75) is 38.3 Å². The summed E-state index contributed by atoms with van der Waals surface area (Å²) >= 11 is 0. The van der Waals surface area contributed by atoms with Crippen LogP contribution in [0.25, 0.3) is 0 Å². The largest absolute Gasteiger partial charge is 0.490 e. The Labute approximate surface area is 174 Å². The van der Waals surface area contributed by atoms with E-state index in [4.69, 9.17) is 28.6 Å². The number of fused-ring (bicyclic) bond motifs is 2. The van der Waals surface area contributed by atoms with Crippen molar-refractivity contribution < 1.29 is 41.8 Å². The van der Waals surface area contributed by atoms with Gasteiger partial charge in [0.1, 0.15) is 6.10 Å². The second kappa shape index (κ2) is 8.35. The maximum absolute atomic E-state index is 10.6. The van der Waals surface area contributed by atoms with Crippen LogP contribution in [0.3, 0.4) is 0 Å². The van der Waals surface area contributed by atoms with Gasteiger partial charge in [0, 0.05) is 25.6 Å². The van der Waals surface area contributed by atoms with E-state index in [9.17, 15) is 13.2 Å². The Balaban J connectivity index is 0.000000289. The monoisotopic (exact) mass is 443 g/mol. The molecule has 1 aromatic carbocycles. The zero-order valence-electron chi connectivity index (χ0n) is 16.5. The number of aromatic nitrogens is 2. The Morgan fingerprint density at radius 2 is 2.00 bits per heavy atom. The minimum absolute atomic E-state index is 0.0473. The maximum Gasteiger partial charge on any atom is 0.490 e. The van der Waals surface area contributed by atoms with Gasteiger partial charge in [-0.15, -0.1) is 0 Å². The highest BCUT2D eigenvalue weighted by atomic mass is 19.4. The van der Waals surface area contributed by atoms with E-state index >= 15 is 0 Å². The molecule has 1 aromatic heterocycles. The molecule has 1 N–H and O–H groups in total. The van der Waals surface area contributed by atoms with E-state index < -0.39 is 12.1 Å². The number of aryl methyl sites for hydroxylation is 1. The molecule has 3 aliphatic rings. The van der Waals surface area contributed by atoms with E-state index in [1.807, 2.05) is 13.0 Å². The van der Waals surface area contributed by atoms with Crippen LogP contribution in [-0.4, -0.2) is 58.3 Å². The van der Waals surface area contributed by atoms with Gasteiger partial charge < -0.3 is 23.8 Å². The Morgan fingerprint density at radius 3 is 2.65 bits per heavy atom.